The minimum atomic E-state index is -0.457. The van der Waals surface area contributed by atoms with Crippen LogP contribution in [0.5, 0.6) is 0 Å². The van der Waals surface area contributed by atoms with Crippen molar-refractivity contribution in [2.45, 2.75) is 51.9 Å². The molecule has 0 radical (unpaired) electrons. The summed E-state index contributed by atoms with van der Waals surface area (Å²) in [5, 5.41) is 0. The third kappa shape index (κ3) is 3.24. The Bertz CT molecular complexity index is 1290. The number of fused-ring (bicyclic) bond motifs is 3. The number of nitrogens with zero attached hydrogens (tertiary/aromatic N) is 4. The van der Waals surface area contributed by atoms with E-state index in [4.69, 9.17) is 11.6 Å². The standard InChI is InChI=1S/C28H28N4O/c1-17(2)19-8-10-20(11-9-19)27-31-26-24(32(27)21-7-6-14-30-16-21)13-12-22-18(3)25(33)23(29-5)15-28(22,26)4/h6-11,14-18,22H,12-13H2,1-4H3/t18-,22-,28-/m1/s1. The van der Waals surface area contributed by atoms with Gasteiger partial charge in [0.25, 0.3) is 0 Å². The molecule has 0 saturated carbocycles. The lowest BCUT2D eigenvalue weighted by Gasteiger charge is -2.44. The monoisotopic (exact) mass is 436 g/mol. The number of benzene rings is 1. The van der Waals surface area contributed by atoms with Crippen molar-refractivity contribution in [2.75, 3.05) is 0 Å². The van der Waals surface area contributed by atoms with Gasteiger partial charge >= 0.3 is 0 Å². The van der Waals surface area contributed by atoms with Gasteiger partial charge in [-0.05, 0) is 42.4 Å². The van der Waals surface area contributed by atoms with E-state index in [1.54, 1.807) is 6.20 Å². The summed E-state index contributed by atoms with van der Waals surface area (Å²) in [5.41, 5.74) is 5.23. The smallest absolute Gasteiger partial charge is 0.226 e. The third-order valence-electron chi connectivity index (χ3n) is 7.51. The third-order valence-corrected chi connectivity index (χ3v) is 7.51. The van der Waals surface area contributed by atoms with Crippen LogP contribution in [0.3, 0.4) is 0 Å². The topological polar surface area (TPSA) is 52.1 Å². The molecule has 0 spiro atoms. The molecule has 3 atom stereocenters. The van der Waals surface area contributed by atoms with Crippen LogP contribution < -0.4 is 0 Å². The number of Topliss-reactive ketones (excluding diaryl/α,β-unsaturated/α-hetero) is 1. The molecule has 5 rings (SSSR count). The molecular formula is C28H28N4O. The number of carbonyl (C=O) groups is 1. The number of hydrogen-bond acceptors (Lipinski definition) is 3. The first-order chi connectivity index (χ1) is 15.8. The summed E-state index contributed by atoms with van der Waals surface area (Å²) in [6.45, 7) is 16.1. The quantitative estimate of drug-likeness (QED) is 0.480. The molecule has 5 nitrogen and oxygen atoms in total. The van der Waals surface area contributed by atoms with Gasteiger partial charge in [0.1, 0.15) is 5.82 Å². The van der Waals surface area contributed by atoms with E-state index >= 15 is 0 Å². The summed E-state index contributed by atoms with van der Waals surface area (Å²) >= 11 is 0. The zero-order chi connectivity index (χ0) is 23.3. The van der Waals surface area contributed by atoms with Crippen LogP contribution >= 0.6 is 0 Å². The Balaban J connectivity index is 1.76. The van der Waals surface area contributed by atoms with E-state index < -0.39 is 5.41 Å². The Kier molecular flexibility index (Phi) is 5.05. The van der Waals surface area contributed by atoms with E-state index in [0.29, 0.717) is 5.92 Å². The lowest BCUT2D eigenvalue weighted by atomic mass is 9.59. The summed E-state index contributed by atoms with van der Waals surface area (Å²) in [6, 6.07) is 12.6. The summed E-state index contributed by atoms with van der Waals surface area (Å²) in [5.74, 6) is 1.26. The Morgan fingerprint density at radius 3 is 2.61 bits per heavy atom. The molecule has 3 aromatic rings. The summed E-state index contributed by atoms with van der Waals surface area (Å²) in [6.07, 6.45) is 7.25. The van der Waals surface area contributed by atoms with Gasteiger partial charge in [-0.3, -0.25) is 9.55 Å². The number of pyridine rings is 1. The highest BCUT2D eigenvalue weighted by Crippen LogP contribution is 2.50. The van der Waals surface area contributed by atoms with Crippen molar-refractivity contribution in [2.24, 2.45) is 11.8 Å². The summed E-state index contributed by atoms with van der Waals surface area (Å²) in [7, 11) is 0. The highest BCUT2D eigenvalue weighted by atomic mass is 16.1. The van der Waals surface area contributed by atoms with Crippen molar-refractivity contribution in [1.29, 1.82) is 0 Å². The Labute approximate surface area is 195 Å². The first-order valence-electron chi connectivity index (χ1n) is 11.6. The average molecular weight is 437 g/mol. The number of allylic oxidation sites excluding steroid dienone is 2. The second kappa shape index (κ2) is 7.81. The molecule has 2 aromatic heterocycles. The molecule has 0 unspecified atom stereocenters. The van der Waals surface area contributed by atoms with Crippen molar-refractivity contribution in [3.63, 3.8) is 0 Å². The van der Waals surface area contributed by atoms with Gasteiger partial charge in [0, 0.05) is 28.8 Å². The normalized spacial score (nSPS) is 24.1. The summed E-state index contributed by atoms with van der Waals surface area (Å²) < 4.78 is 2.22. The van der Waals surface area contributed by atoms with Crippen molar-refractivity contribution in [3.05, 3.63) is 88.9 Å². The predicted molar refractivity (Wildman–Crippen MR) is 129 cm³/mol. The number of hydrogen-bond donors (Lipinski definition) is 0. The van der Waals surface area contributed by atoms with Crippen molar-refractivity contribution in [3.8, 4) is 17.1 Å². The van der Waals surface area contributed by atoms with Gasteiger partial charge in [0.2, 0.25) is 5.70 Å². The van der Waals surface area contributed by atoms with E-state index in [2.05, 4.69) is 65.5 Å². The van der Waals surface area contributed by atoms with Crippen LogP contribution in [0, 0.1) is 18.4 Å². The highest BCUT2D eigenvalue weighted by molar-refractivity contribution is 6.00. The number of aromatic nitrogens is 3. The highest BCUT2D eigenvalue weighted by Gasteiger charge is 2.50. The fourth-order valence-corrected chi connectivity index (χ4v) is 5.66. The van der Waals surface area contributed by atoms with Crippen LogP contribution in [-0.2, 0) is 16.6 Å². The molecule has 2 heterocycles. The van der Waals surface area contributed by atoms with Crippen LogP contribution in [-0.4, -0.2) is 20.3 Å². The van der Waals surface area contributed by atoms with E-state index in [9.17, 15) is 4.79 Å². The predicted octanol–water partition coefficient (Wildman–Crippen LogP) is 5.90. The first kappa shape index (κ1) is 21.3. The molecule has 33 heavy (non-hydrogen) atoms. The zero-order valence-electron chi connectivity index (χ0n) is 19.5. The minimum absolute atomic E-state index is 0.0351. The van der Waals surface area contributed by atoms with Gasteiger partial charge in [-0.2, -0.15) is 0 Å². The van der Waals surface area contributed by atoms with Crippen LogP contribution in [0.25, 0.3) is 21.9 Å². The van der Waals surface area contributed by atoms with Crippen LogP contribution in [0.4, 0.5) is 0 Å². The first-order valence-corrected chi connectivity index (χ1v) is 11.6. The molecular weight excluding hydrogens is 408 g/mol. The maximum atomic E-state index is 12.8. The molecule has 0 amide bonds. The van der Waals surface area contributed by atoms with Gasteiger partial charge in [-0.25, -0.2) is 9.83 Å². The molecule has 2 aliphatic rings. The molecule has 1 aromatic carbocycles. The molecule has 0 N–H and O–H groups in total. The van der Waals surface area contributed by atoms with Crippen LogP contribution in [0.15, 0.2) is 60.6 Å². The van der Waals surface area contributed by atoms with Crippen molar-refractivity contribution < 1.29 is 4.79 Å². The average Bonchev–Trinajstić information content (AvgIpc) is 3.23. The largest absolute Gasteiger partial charge is 0.308 e. The second-order valence-electron chi connectivity index (χ2n) is 9.78. The Morgan fingerprint density at radius 2 is 1.97 bits per heavy atom. The van der Waals surface area contributed by atoms with E-state index in [-0.39, 0.29) is 23.3 Å². The van der Waals surface area contributed by atoms with Gasteiger partial charge in [-0.15, -0.1) is 0 Å². The van der Waals surface area contributed by atoms with Crippen molar-refractivity contribution >= 4 is 5.78 Å². The van der Waals surface area contributed by atoms with Gasteiger partial charge in [-0.1, -0.05) is 58.0 Å². The molecule has 166 valence electrons. The second-order valence-corrected chi connectivity index (χ2v) is 9.78. The van der Waals surface area contributed by atoms with E-state index in [1.807, 2.05) is 25.3 Å². The lowest BCUT2D eigenvalue weighted by molar-refractivity contribution is -0.121. The lowest BCUT2D eigenvalue weighted by Crippen LogP contribution is -2.45. The molecule has 0 aliphatic heterocycles. The van der Waals surface area contributed by atoms with E-state index in [0.717, 1.165) is 41.3 Å². The molecule has 2 aliphatic carbocycles. The van der Waals surface area contributed by atoms with Gasteiger partial charge in [0.05, 0.1) is 24.2 Å². The number of rotatable bonds is 3. The van der Waals surface area contributed by atoms with Crippen LogP contribution in [0.1, 0.15) is 57.0 Å². The van der Waals surface area contributed by atoms with Crippen LogP contribution in [0.2, 0.25) is 0 Å². The maximum absolute atomic E-state index is 12.8. The van der Waals surface area contributed by atoms with E-state index in [1.165, 1.54) is 5.56 Å². The van der Waals surface area contributed by atoms with Gasteiger partial charge in [0.15, 0.2) is 5.78 Å². The fourth-order valence-electron chi connectivity index (χ4n) is 5.66. The molecule has 5 heteroatoms. The molecule has 0 fully saturated rings. The Hall–Kier alpha value is -3.52. The van der Waals surface area contributed by atoms with Gasteiger partial charge < -0.3 is 4.79 Å². The molecule has 0 bridgehead atoms. The maximum Gasteiger partial charge on any atom is 0.226 e. The minimum Gasteiger partial charge on any atom is -0.308 e. The number of carbonyl (C=O) groups excluding carboxylic acids is 1. The summed E-state index contributed by atoms with van der Waals surface area (Å²) in [4.78, 5) is 25.9. The van der Waals surface area contributed by atoms with Crippen molar-refractivity contribution in [1.82, 2.24) is 14.5 Å². The number of ketones is 1. The Morgan fingerprint density at radius 1 is 1.21 bits per heavy atom. The SMILES string of the molecule is [C-]#[N+]C1=C[C@@]2(C)c3nc(-c4ccc(C(C)C)cc4)n(-c4cccnc4)c3CC[C@@H]2[C@@H](C)C1=O. The number of imidazole rings is 1. The fraction of sp³-hybridized carbons (Fsp3) is 0.357. The zero-order valence-corrected chi connectivity index (χ0v) is 19.5. The molecule has 0 saturated heterocycles.